The van der Waals surface area contributed by atoms with E-state index in [-0.39, 0.29) is 29.7 Å². The van der Waals surface area contributed by atoms with Crippen molar-refractivity contribution in [1.82, 2.24) is 10.6 Å². The molecule has 1 saturated heterocycles. The highest BCUT2D eigenvalue weighted by molar-refractivity contribution is 5.85. The van der Waals surface area contributed by atoms with Gasteiger partial charge in [0.05, 0.1) is 6.10 Å². The van der Waals surface area contributed by atoms with Crippen LogP contribution in [0.1, 0.15) is 44.8 Å². The van der Waals surface area contributed by atoms with Crippen LogP contribution in [0.2, 0.25) is 0 Å². The van der Waals surface area contributed by atoms with Crippen LogP contribution in [0.3, 0.4) is 0 Å². The first-order valence-corrected chi connectivity index (χ1v) is 7.81. The van der Waals surface area contributed by atoms with Gasteiger partial charge in [-0.3, -0.25) is 4.79 Å². The Bertz CT molecular complexity index is 515. The van der Waals surface area contributed by atoms with Crippen molar-refractivity contribution in [3.8, 4) is 0 Å². The Labute approximate surface area is 143 Å². The molecule has 6 heteroatoms. The number of piperidine rings is 1. The van der Waals surface area contributed by atoms with Gasteiger partial charge in [-0.15, -0.1) is 12.4 Å². The number of benzene rings is 1. The first-order valence-electron chi connectivity index (χ1n) is 7.81. The highest BCUT2D eigenvalue weighted by Gasteiger charge is 2.26. The molecule has 1 aromatic carbocycles. The summed E-state index contributed by atoms with van der Waals surface area (Å²) in [5.74, 6) is 0.240. The average molecular weight is 345 g/mol. The number of hydrogen-bond donors (Lipinski definition) is 3. The third-order valence-electron chi connectivity index (χ3n) is 4.17. The number of carbonyl (C=O) groups excluding carboxylic acids is 1. The Morgan fingerprint density at radius 3 is 2.83 bits per heavy atom. The van der Waals surface area contributed by atoms with Crippen molar-refractivity contribution in [3.63, 3.8) is 0 Å². The molecule has 1 aliphatic heterocycles. The van der Waals surface area contributed by atoms with E-state index in [9.17, 15) is 14.3 Å². The summed E-state index contributed by atoms with van der Waals surface area (Å²) in [7, 11) is 0. The third kappa shape index (κ3) is 6.45. The zero-order chi connectivity index (χ0) is 16.2. The van der Waals surface area contributed by atoms with Gasteiger partial charge in [0.15, 0.2) is 0 Å². The number of β-amino-alcohol motifs (C(OH)–C–C–N with tert-alkyl or cyclic N) is 1. The Morgan fingerprint density at radius 2 is 2.22 bits per heavy atom. The average Bonchev–Trinajstić information content (AvgIpc) is 2.47. The Balaban J connectivity index is 0.00000264. The zero-order valence-corrected chi connectivity index (χ0v) is 14.5. The van der Waals surface area contributed by atoms with Crippen LogP contribution >= 0.6 is 12.4 Å². The van der Waals surface area contributed by atoms with Gasteiger partial charge in [0.2, 0.25) is 5.91 Å². The van der Waals surface area contributed by atoms with Crippen LogP contribution in [0.15, 0.2) is 24.3 Å². The lowest BCUT2D eigenvalue weighted by molar-refractivity contribution is -0.123. The molecule has 0 bridgehead atoms. The standard InChI is InChI=1S/C17H25FN2O2.ClH/c1-17(2,9-12-6-7-16(22)19-10-12)20-11-15(21)13-4-3-5-14(18)8-13;/h3-5,8,12,15,20-21H,6-7,9-11H2,1-2H3,(H,19,22);1H/t12-,15-;/m0./s1. The molecule has 3 N–H and O–H groups in total. The molecule has 1 aliphatic rings. The van der Waals surface area contributed by atoms with Gasteiger partial charge in [-0.05, 0) is 50.3 Å². The van der Waals surface area contributed by atoms with Gasteiger partial charge in [0.1, 0.15) is 5.82 Å². The molecule has 0 saturated carbocycles. The normalized spacial score (nSPS) is 19.7. The van der Waals surface area contributed by atoms with E-state index in [4.69, 9.17) is 0 Å². The Morgan fingerprint density at radius 1 is 1.48 bits per heavy atom. The second-order valence-electron chi connectivity index (χ2n) is 6.75. The summed E-state index contributed by atoms with van der Waals surface area (Å²) in [6, 6.07) is 6.05. The molecule has 0 unspecified atom stereocenters. The minimum absolute atomic E-state index is 0. The van der Waals surface area contributed by atoms with Crippen LogP contribution in [0.5, 0.6) is 0 Å². The number of hydrogen-bond acceptors (Lipinski definition) is 3. The molecule has 1 fully saturated rings. The highest BCUT2D eigenvalue weighted by Crippen LogP contribution is 2.23. The molecular formula is C17H26ClFN2O2. The highest BCUT2D eigenvalue weighted by atomic mass is 35.5. The molecule has 0 radical (unpaired) electrons. The monoisotopic (exact) mass is 344 g/mol. The van der Waals surface area contributed by atoms with Gasteiger partial charge in [0.25, 0.3) is 0 Å². The second-order valence-corrected chi connectivity index (χ2v) is 6.75. The van der Waals surface area contributed by atoms with Crippen molar-refractivity contribution in [1.29, 1.82) is 0 Å². The third-order valence-corrected chi connectivity index (χ3v) is 4.17. The van der Waals surface area contributed by atoms with E-state index in [1.807, 2.05) is 0 Å². The van der Waals surface area contributed by atoms with Crippen molar-refractivity contribution in [2.75, 3.05) is 13.1 Å². The first kappa shape index (κ1) is 19.9. The van der Waals surface area contributed by atoms with Crippen molar-refractivity contribution >= 4 is 18.3 Å². The second kappa shape index (κ2) is 8.62. The molecular weight excluding hydrogens is 319 g/mol. The molecule has 2 atom stereocenters. The minimum Gasteiger partial charge on any atom is -0.387 e. The minimum atomic E-state index is -0.735. The number of aliphatic hydroxyl groups excluding tert-OH is 1. The molecule has 130 valence electrons. The van der Waals surface area contributed by atoms with E-state index in [0.717, 1.165) is 19.4 Å². The lowest BCUT2D eigenvalue weighted by atomic mass is 9.85. The number of rotatable bonds is 6. The molecule has 0 aliphatic carbocycles. The maximum Gasteiger partial charge on any atom is 0.220 e. The lowest BCUT2D eigenvalue weighted by Crippen LogP contribution is -2.46. The summed E-state index contributed by atoms with van der Waals surface area (Å²) in [5.41, 5.74) is 0.425. The van der Waals surface area contributed by atoms with Gasteiger partial charge in [-0.25, -0.2) is 4.39 Å². The van der Waals surface area contributed by atoms with Crippen LogP contribution in [0, 0.1) is 11.7 Å². The van der Waals surface area contributed by atoms with E-state index in [0.29, 0.717) is 24.4 Å². The summed E-state index contributed by atoms with van der Waals surface area (Å²) in [6.07, 6.45) is 1.68. The summed E-state index contributed by atoms with van der Waals surface area (Å²) < 4.78 is 13.2. The maximum atomic E-state index is 13.2. The number of amides is 1. The van der Waals surface area contributed by atoms with Gasteiger partial charge in [-0.2, -0.15) is 0 Å². The molecule has 4 nitrogen and oxygen atoms in total. The molecule has 23 heavy (non-hydrogen) atoms. The van der Waals surface area contributed by atoms with E-state index in [2.05, 4.69) is 24.5 Å². The smallest absolute Gasteiger partial charge is 0.220 e. The number of nitrogens with one attached hydrogen (secondary N) is 2. The quantitative estimate of drug-likeness (QED) is 0.743. The fourth-order valence-corrected chi connectivity index (χ4v) is 2.96. The summed E-state index contributed by atoms with van der Waals surface area (Å²) >= 11 is 0. The molecule has 0 aromatic heterocycles. The summed E-state index contributed by atoms with van der Waals surface area (Å²) in [6.45, 7) is 5.26. The van der Waals surface area contributed by atoms with Gasteiger partial charge in [0, 0.05) is 25.0 Å². The van der Waals surface area contributed by atoms with Crippen molar-refractivity contribution in [3.05, 3.63) is 35.6 Å². The van der Waals surface area contributed by atoms with E-state index >= 15 is 0 Å². The molecule has 2 rings (SSSR count). The van der Waals surface area contributed by atoms with Crippen LogP contribution in [-0.4, -0.2) is 29.6 Å². The predicted molar refractivity (Wildman–Crippen MR) is 91.0 cm³/mol. The van der Waals surface area contributed by atoms with Crippen molar-refractivity contribution in [2.45, 2.75) is 44.8 Å². The number of halogens is 2. The van der Waals surface area contributed by atoms with Crippen LogP contribution in [0.25, 0.3) is 0 Å². The van der Waals surface area contributed by atoms with E-state index in [1.165, 1.54) is 12.1 Å². The Kier molecular flexibility index (Phi) is 7.45. The fourth-order valence-electron chi connectivity index (χ4n) is 2.96. The largest absolute Gasteiger partial charge is 0.387 e. The van der Waals surface area contributed by atoms with E-state index in [1.54, 1.807) is 12.1 Å². The SMILES string of the molecule is CC(C)(C[C@@H]1CCC(=O)NC1)NC[C@H](O)c1cccc(F)c1.Cl. The molecule has 1 aromatic rings. The van der Waals surface area contributed by atoms with Gasteiger partial charge < -0.3 is 15.7 Å². The molecule has 0 spiro atoms. The number of carbonyl (C=O) groups is 1. The zero-order valence-electron chi connectivity index (χ0n) is 13.6. The maximum absolute atomic E-state index is 13.2. The van der Waals surface area contributed by atoms with Crippen LogP contribution in [-0.2, 0) is 4.79 Å². The topological polar surface area (TPSA) is 61.4 Å². The Hall–Kier alpha value is -1.17. The molecule has 1 amide bonds. The van der Waals surface area contributed by atoms with Gasteiger partial charge in [-0.1, -0.05) is 12.1 Å². The first-order chi connectivity index (χ1) is 10.4. The van der Waals surface area contributed by atoms with Crippen LogP contribution in [0.4, 0.5) is 4.39 Å². The van der Waals surface area contributed by atoms with E-state index < -0.39 is 6.10 Å². The lowest BCUT2D eigenvalue weighted by Gasteiger charge is -2.33. The predicted octanol–water partition coefficient (Wildman–Crippen LogP) is 2.57. The van der Waals surface area contributed by atoms with Gasteiger partial charge >= 0.3 is 0 Å². The van der Waals surface area contributed by atoms with Crippen molar-refractivity contribution < 1.29 is 14.3 Å². The summed E-state index contributed by atoms with van der Waals surface area (Å²) in [5, 5.41) is 16.4. The van der Waals surface area contributed by atoms with Crippen LogP contribution < -0.4 is 10.6 Å². The molecule has 1 heterocycles. The number of aliphatic hydroxyl groups is 1. The fraction of sp³-hybridized carbons (Fsp3) is 0.588. The van der Waals surface area contributed by atoms with Crippen molar-refractivity contribution in [2.24, 2.45) is 5.92 Å². The summed E-state index contributed by atoms with van der Waals surface area (Å²) in [4.78, 5) is 11.2.